The number of nitrogens with two attached hydrogens (primary N) is 1. The van der Waals surface area contributed by atoms with E-state index in [-0.39, 0.29) is 29.1 Å². The second-order valence-electron chi connectivity index (χ2n) is 8.22. The van der Waals surface area contributed by atoms with E-state index in [0.29, 0.717) is 9.20 Å². The van der Waals surface area contributed by atoms with Gasteiger partial charge in [-0.25, -0.2) is 4.79 Å². The molecule has 0 saturated carbocycles. The lowest BCUT2D eigenvalue weighted by Gasteiger charge is -2.24. The second-order valence-corrected chi connectivity index (χ2v) is 9.26. The molecule has 1 aliphatic heterocycles. The first-order valence-electron chi connectivity index (χ1n) is 11.7. The zero-order chi connectivity index (χ0) is 25.1. The molecule has 4 rings (SSSR count). The van der Waals surface area contributed by atoms with E-state index in [2.05, 4.69) is 19.9 Å². The number of benzene rings is 2. The number of carbonyl (C=O) groups is 1. The minimum Gasteiger partial charge on any atom is -0.463 e. The van der Waals surface area contributed by atoms with Crippen molar-refractivity contribution in [3.05, 3.63) is 95.9 Å². The van der Waals surface area contributed by atoms with Crippen molar-refractivity contribution < 1.29 is 9.53 Å². The Labute approximate surface area is 207 Å². The topological polar surface area (TPSA) is 98.1 Å². The average molecular weight is 486 g/mol. The summed E-state index contributed by atoms with van der Waals surface area (Å²) in [5.41, 5.74) is 10.4. The number of aromatic nitrogens is 1. The zero-order valence-electron chi connectivity index (χ0n) is 20.0. The van der Waals surface area contributed by atoms with E-state index in [9.17, 15) is 14.9 Å². The Morgan fingerprint density at radius 2 is 1.69 bits per heavy atom. The van der Waals surface area contributed by atoms with E-state index < -0.39 is 11.9 Å². The molecule has 3 aromatic rings. The van der Waals surface area contributed by atoms with Crippen molar-refractivity contribution in [3.63, 3.8) is 0 Å². The van der Waals surface area contributed by atoms with Gasteiger partial charge in [-0.2, -0.15) is 5.26 Å². The van der Waals surface area contributed by atoms with E-state index in [4.69, 9.17) is 10.5 Å². The molecule has 1 aromatic heterocycles. The summed E-state index contributed by atoms with van der Waals surface area (Å²) in [6, 6.07) is 17.8. The monoisotopic (exact) mass is 485 g/mol. The summed E-state index contributed by atoms with van der Waals surface area (Å²) < 4.78 is 7.48. The number of esters is 1. The summed E-state index contributed by atoms with van der Waals surface area (Å²) in [5.74, 6) is -1.24. The normalized spacial score (nSPS) is 15.7. The maximum atomic E-state index is 13.4. The Hall–Kier alpha value is -3.89. The van der Waals surface area contributed by atoms with Crippen LogP contribution in [0.5, 0.6) is 0 Å². The number of fused-ring (bicyclic) bond motifs is 1. The summed E-state index contributed by atoms with van der Waals surface area (Å²) in [7, 11) is 0. The summed E-state index contributed by atoms with van der Waals surface area (Å²) in [5, 5.41) is 10.1. The Balaban J connectivity index is 2.03. The minimum absolute atomic E-state index is 0.0438. The van der Waals surface area contributed by atoms with E-state index in [1.807, 2.05) is 48.5 Å². The van der Waals surface area contributed by atoms with Gasteiger partial charge in [-0.05, 0) is 48.1 Å². The molecule has 0 saturated heterocycles. The van der Waals surface area contributed by atoms with Crippen LogP contribution in [0.4, 0.5) is 0 Å². The largest absolute Gasteiger partial charge is 0.463 e. The van der Waals surface area contributed by atoms with Crippen molar-refractivity contribution in [3.8, 4) is 6.07 Å². The van der Waals surface area contributed by atoms with Crippen LogP contribution in [-0.4, -0.2) is 17.1 Å². The highest BCUT2D eigenvalue weighted by molar-refractivity contribution is 7.07. The maximum absolute atomic E-state index is 13.4. The van der Waals surface area contributed by atoms with Gasteiger partial charge in [-0.3, -0.25) is 9.36 Å². The lowest BCUT2D eigenvalue weighted by Crippen LogP contribution is -2.40. The molecule has 2 heterocycles. The Bertz CT molecular complexity index is 1520. The molecule has 7 heteroatoms. The first-order chi connectivity index (χ1) is 16.9. The molecule has 0 aliphatic carbocycles. The fourth-order valence-corrected chi connectivity index (χ4v) is 5.40. The molecule has 0 radical (unpaired) electrons. The molecule has 2 N–H and O–H groups in total. The fraction of sp³-hybridized carbons (Fsp3) is 0.250. The first-order valence-corrected chi connectivity index (χ1v) is 12.5. The lowest BCUT2D eigenvalue weighted by atomic mass is 9.83. The van der Waals surface area contributed by atoms with Crippen LogP contribution in [-0.2, 0) is 22.4 Å². The predicted octanol–water partition coefficient (Wildman–Crippen LogP) is 3.03. The zero-order valence-corrected chi connectivity index (χ0v) is 20.8. The highest BCUT2D eigenvalue weighted by Gasteiger charge is 2.36. The van der Waals surface area contributed by atoms with Crippen molar-refractivity contribution in [2.75, 3.05) is 6.61 Å². The number of aryl methyl sites for hydroxylation is 2. The Kier molecular flexibility index (Phi) is 7.04. The molecule has 0 fully saturated rings. The van der Waals surface area contributed by atoms with E-state index in [1.54, 1.807) is 13.0 Å². The van der Waals surface area contributed by atoms with Crippen LogP contribution < -0.4 is 20.5 Å². The molecule has 1 aliphatic rings. The van der Waals surface area contributed by atoms with Crippen molar-refractivity contribution in [2.24, 2.45) is 5.73 Å². The third-order valence-electron chi connectivity index (χ3n) is 6.17. The van der Waals surface area contributed by atoms with Gasteiger partial charge in [-0.15, -0.1) is 11.3 Å². The number of hydrogen-bond acceptors (Lipinski definition) is 6. The number of hydrogen-bond donors (Lipinski definition) is 1. The standard InChI is InChI=1S/C28H27N3O3S/c1-4-17-7-9-19(10-8-17)15-22-26(32)31-25(30)21(16-29)23(20-13-11-18(5-2)12-14-20)24(27(31)35-22)28(33)34-6-3/h7-15,23H,4-6,30H2,1-3H3/b22-15+. The quantitative estimate of drug-likeness (QED) is 0.541. The fourth-order valence-electron chi connectivity index (χ4n) is 4.23. The van der Waals surface area contributed by atoms with Gasteiger partial charge in [0.2, 0.25) is 0 Å². The van der Waals surface area contributed by atoms with Gasteiger partial charge >= 0.3 is 5.97 Å². The van der Waals surface area contributed by atoms with Crippen molar-refractivity contribution in [1.29, 1.82) is 5.26 Å². The van der Waals surface area contributed by atoms with Gasteiger partial charge in [0.05, 0.1) is 34.3 Å². The van der Waals surface area contributed by atoms with Crippen LogP contribution in [0, 0.1) is 11.3 Å². The van der Waals surface area contributed by atoms with E-state index in [0.717, 1.165) is 29.5 Å². The molecule has 2 aromatic carbocycles. The molecule has 35 heavy (non-hydrogen) atoms. The van der Waals surface area contributed by atoms with Crippen LogP contribution in [0.3, 0.4) is 0 Å². The molecule has 0 amide bonds. The van der Waals surface area contributed by atoms with Crippen LogP contribution in [0.2, 0.25) is 0 Å². The molecule has 6 nitrogen and oxygen atoms in total. The highest BCUT2D eigenvalue weighted by atomic mass is 32.1. The van der Waals surface area contributed by atoms with E-state index in [1.165, 1.54) is 21.5 Å². The third-order valence-corrected chi connectivity index (χ3v) is 7.28. The van der Waals surface area contributed by atoms with Crippen LogP contribution in [0.1, 0.15) is 48.9 Å². The molecule has 1 atom stereocenters. The van der Waals surface area contributed by atoms with Gasteiger partial charge in [0.1, 0.15) is 10.5 Å². The van der Waals surface area contributed by atoms with Crippen molar-refractivity contribution in [2.45, 2.75) is 39.5 Å². The highest BCUT2D eigenvalue weighted by Crippen LogP contribution is 2.36. The van der Waals surface area contributed by atoms with E-state index >= 15 is 0 Å². The predicted molar refractivity (Wildman–Crippen MR) is 139 cm³/mol. The Morgan fingerprint density at radius 1 is 1.09 bits per heavy atom. The summed E-state index contributed by atoms with van der Waals surface area (Å²) in [4.78, 5) is 26.7. The Morgan fingerprint density at radius 3 is 2.23 bits per heavy atom. The van der Waals surface area contributed by atoms with Crippen LogP contribution in [0.15, 0.2) is 58.9 Å². The first kappa shape index (κ1) is 24.2. The van der Waals surface area contributed by atoms with Gasteiger partial charge in [0.25, 0.3) is 5.56 Å². The number of nitrogens with zero attached hydrogens (tertiary/aromatic N) is 2. The summed E-state index contributed by atoms with van der Waals surface area (Å²) in [6.07, 6.45) is 3.57. The summed E-state index contributed by atoms with van der Waals surface area (Å²) in [6.45, 7) is 6.04. The second kappa shape index (κ2) is 10.2. The maximum Gasteiger partial charge on any atom is 0.338 e. The third kappa shape index (κ3) is 4.45. The number of allylic oxidation sites excluding steroid dienone is 1. The van der Waals surface area contributed by atoms with Gasteiger partial charge in [0.15, 0.2) is 0 Å². The molecular formula is C28H27N3O3S. The molecular weight excluding hydrogens is 458 g/mol. The molecule has 178 valence electrons. The number of carbonyl (C=O) groups excluding carboxylic acids is 1. The SMILES string of the molecule is CCOC(=O)C1=c2s/c(=C/c3ccc(CC)cc3)c(=O)n2C(N)=C(C#N)C1c1ccc(CC)cc1. The van der Waals surface area contributed by atoms with Crippen LogP contribution in [0.25, 0.3) is 17.5 Å². The number of rotatable bonds is 6. The summed E-state index contributed by atoms with van der Waals surface area (Å²) >= 11 is 1.18. The van der Waals surface area contributed by atoms with Gasteiger partial charge in [0, 0.05) is 0 Å². The molecule has 1 unspecified atom stereocenters. The average Bonchev–Trinajstić information content (AvgIpc) is 3.20. The number of thiazole rings is 1. The molecule has 0 spiro atoms. The van der Waals surface area contributed by atoms with Crippen LogP contribution >= 0.6 is 11.3 Å². The van der Waals surface area contributed by atoms with Crippen molar-refractivity contribution in [1.82, 2.24) is 4.57 Å². The smallest absolute Gasteiger partial charge is 0.338 e. The lowest BCUT2D eigenvalue weighted by molar-refractivity contribution is -0.136. The number of ether oxygens (including phenoxy) is 1. The molecule has 0 bridgehead atoms. The van der Waals surface area contributed by atoms with Crippen molar-refractivity contribution >= 4 is 34.8 Å². The minimum atomic E-state index is -0.723. The number of nitriles is 1. The van der Waals surface area contributed by atoms with Gasteiger partial charge < -0.3 is 10.5 Å². The van der Waals surface area contributed by atoms with Gasteiger partial charge in [-0.1, -0.05) is 62.4 Å².